The molecule has 2 heterocycles. The number of amides is 1. The smallest absolute Gasteiger partial charge is 0.288 e. The van der Waals surface area contributed by atoms with Crippen molar-refractivity contribution in [2.75, 3.05) is 33.5 Å². The fourth-order valence-corrected chi connectivity index (χ4v) is 4.57. The van der Waals surface area contributed by atoms with Gasteiger partial charge in [-0.25, -0.2) is 0 Å². The maximum atomic E-state index is 13.1. The third-order valence-electron chi connectivity index (χ3n) is 5.45. The Balaban J connectivity index is 1.65. The lowest BCUT2D eigenvalue weighted by Gasteiger charge is -2.34. The number of nitrogens with zero attached hydrogens (tertiary/aromatic N) is 1. The van der Waals surface area contributed by atoms with Crippen LogP contribution in [0.4, 0.5) is 0 Å². The number of carbonyl (C=O) groups excluding carboxylic acids is 1. The van der Waals surface area contributed by atoms with Gasteiger partial charge in [-0.2, -0.15) is 11.3 Å². The molecule has 156 valence electrons. The lowest BCUT2D eigenvalue weighted by Crippen LogP contribution is -2.41. The van der Waals surface area contributed by atoms with E-state index in [1.54, 1.807) is 11.3 Å². The molecule has 2 aliphatic rings. The summed E-state index contributed by atoms with van der Waals surface area (Å²) in [6.07, 6.45) is 7.88. The quantitative estimate of drug-likeness (QED) is 0.634. The second kappa shape index (κ2) is 11.0. The minimum absolute atomic E-state index is 0.00491. The number of rotatable bonds is 9. The van der Waals surface area contributed by atoms with E-state index in [0.29, 0.717) is 38.0 Å². The highest BCUT2D eigenvalue weighted by atomic mass is 32.1. The predicted molar refractivity (Wildman–Crippen MR) is 108 cm³/mol. The Hall–Kier alpha value is -1.41. The average Bonchev–Trinajstić information content (AvgIpc) is 3.28. The van der Waals surface area contributed by atoms with E-state index in [4.69, 9.17) is 19.3 Å². The number of carbonyl (C=O) groups is 1. The van der Waals surface area contributed by atoms with Crippen LogP contribution in [0.1, 0.15) is 50.0 Å². The van der Waals surface area contributed by atoms with Crippen LogP contribution in [0.2, 0.25) is 0 Å². The Morgan fingerprint density at radius 2 is 2.11 bits per heavy atom. The fourth-order valence-electron chi connectivity index (χ4n) is 3.84. The molecular formula is C21H31NO5S. The number of likely N-dealkylation sites (N-methyl/N-ethyl adjacent to an activating group) is 1. The Bertz CT molecular complexity index is 627. The summed E-state index contributed by atoms with van der Waals surface area (Å²) in [6, 6.07) is 2.38. The summed E-state index contributed by atoms with van der Waals surface area (Å²) >= 11 is 1.65. The van der Waals surface area contributed by atoms with Gasteiger partial charge < -0.3 is 24.2 Å². The van der Waals surface area contributed by atoms with Gasteiger partial charge in [-0.1, -0.05) is 19.3 Å². The topological polar surface area (TPSA) is 68.2 Å². The van der Waals surface area contributed by atoms with Gasteiger partial charge in [0, 0.05) is 25.4 Å². The number of aliphatic hydroxyl groups is 1. The van der Waals surface area contributed by atoms with Crippen molar-refractivity contribution in [1.29, 1.82) is 0 Å². The Morgan fingerprint density at radius 3 is 2.82 bits per heavy atom. The average molecular weight is 410 g/mol. The van der Waals surface area contributed by atoms with Gasteiger partial charge in [-0.15, -0.1) is 0 Å². The molecule has 0 spiro atoms. The summed E-state index contributed by atoms with van der Waals surface area (Å²) in [5, 5.41) is 12.9. The van der Waals surface area contributed by atoms with Gasteiger partial charge in [0.25, 0.3) is 5.91 Å². The van der Waals surface area contributed by atoms with Crippen LogP contribution in [0, 0.1) is 0 Å². The van der Waals surface area contributed by atoms with Crippen LogP contribution in [-0.4, -0.2) is 61.7 Å². The van der Waals surface area contributed by atoms with E-state index < -0.39 is 6.29 Å². The van der Waals surface area contributed by atoms with Crippen LogP contribution in [0.5, 0.6) is 0 Å². The minimum atomic E-state index is -0.480. The van der Waals surface area contributed by atoms with Crippen molar-refractivity contribution in [1.82, 2.24) is 4.90 Å². The molecule has 1 aliphatic heterocycles. The molecule has 6 nitrogen and oxygen atoms in total. The highest BCUT2D eigenvalue weighted by Gasteiger charge is 2.32. The fraction of sp³-hybridized carbons (Fsp3) is 0.667. The van der Waals surface area contributed by atoms with Crippen LogP contribution >= 0.6 is 11.3 Å². The molecule has 1 aliphatic carbocycles. The summed E-state index contributed by atoms with van der Waals surface area (Å²) in [6.45, 7) is 1.04. The van der Waals surface area contributed by atoms with Crippen LogP contribution < -0.4 is 0 Å². The molecule has 1 aromatic rings. The highest BCUT2D eigenvalue weighted by Crippen LogP contribution is 2.33. The maximum absolute atomic E-state index is 13.1. The van der Waals surface area contributed by atoms with E-state index >= 15 is 0 Å². The van der Waals surface area contributed by atoms with Gasteiger partial charge in [0.2, 0.25) is 6.29 Å². The minimum Gasteiger partial charge on any atom is -0.459 e. The standard InChI is InChI=1S/C21H31NO5S/c1-22(18-5-3-2-4-6-18)21(24)19-13-17(16-7-12-28-15-16)14-20(27-19)26-11-10-25-9-8-23/h7,12-13,15,17-18,20,23H,2-6,8-11,14H2,1H3/t17-,20+/m0/s1. The number of hydrogen-bond donors (Lipinski definition) is 1. The second-order valence-electron chi connectivity index (χ2n) is 7.39. The van der Waals surface area contributed by atoms with Crippen molar-refractivity contribution in [3.63, 3.8) is 0 Å². The summed E-state index contributed by atoms with van der Waals surface area (Å²) in [5.41, 5.74) is 1.18. The number of thiophene rings is 1. The zero-order valence-electron chi connectivity index (χ0n) is 16.5. The van der Waals surface area contributed by atoms with E-state index in [9.17, 15) is 4.79 Å². The molecular weight excluding hydrogens is 378 g/mol. The van der Waals surface area contributed by atoms with Crippen LogP contribution in [0.15, 0.2) is 28.7 Å². The van der Waals surface area contributed by atoms with Crippen molar-refractivity contribution in [3.8, 4) is 0 Å². The normalized spacial score (nSPS) is 23.1. The number of ether oxygens (including phenoxy) is 3. The molecule has 28 heavy (non-hydrogen) atoms. The van der Waals surface area contributed by atoms with Gasteiger partial charge >= 0.3 is 0 Å². The molecule has 1 N–H and O–H groups in total. The SMILES string of the molecule is CN(C(=O)C1=C[C@H](c2ccsc2)C[C@H](OCCOCCO)O1)C1CCCCC1. The van der Waals surface area contributed by atoms with Gasteiger partial charge in [0.05, 0.1) is 26.4 Å². The van der Waals surface area contributed by atoms with Crippen LogP contribution in [0.3, 0.4) is 0 Å². The van der Waals surface area contributed by atoms with Crippen LogP contribution in [0.25, 0.3) is 0 Å². The molecule has 1 aromatic heterocycles. The first-order valence-corrected chi connectivity index (χ1v) is 11.1. The van der Waals surface area contributed by atoms with Gasteiger partial charge in [0.15, 0.2) is 5.76 Å². The van der Waals surface area contributed by atoms with Crippen molar-refractivity contribution >= 4 is 17.2 Å². The molecule has 2 atom stereocenters. The molecule has 0 bridgehead atoms. The summed E-state index contributed by atoms with van der Waals surface area (Å²) in [5.74, 6) is 0.427. The number of hydrogen-bond acceptors (Lipinski definition) is 6. The molecule has 7 heteroatoms. The first kappa shape index (κ1) is 21.3. The molecule has 0 aromatic carbocycles. The van der Waals surface area contributed by atoms with Crippen molar-refractivity contribution in [3.05, 3.63) is 34.2 Å². The second-order valence-corrected chi connectivity index (χ2v) is 8.17. The first-order valence-electron chi connectivity index (χ1n) is 10.2. The first-order chi connectivity index (χ1) is 13.7. The van der Waals surface area contributed by atoms with Crippen molar-refractivity contribution in [2.24, 2.45) is 0 Å². The monoisotopic (exact) mass is 409 g/mol. The van der Waals surface area contributed by atoms with E-state index in [0.717, 1.165) is 12.8 Å². The van der Waals surface area contributed by atoms with Crippen molar-refractivity contribution < 1.29 is 24.1 Å². The third-order valence-corrected chi connectivity index (χ3v) is 6.15. The van der Waals surface area contributed by atoms with Gasteiger partial charge in [-0.05, 0) is 41.3 Å². The molecule has 0 radical (unpaired) electrons. The number of aliphatic hydroxyl groups excluding tert-OH is 1. The molecule has 1 fully saturated rings. The highest BCUT2D eigenvalue weighted by molar-refractivity contribution is 7.08. The van der Waals surface area contributed by atoms with E-state index in [1.165, 1.54) is 24.8 Å². The molecule has 3 rings (SSSR count). The predicted octanol–water partition coefficient (Wildman–Crippen LogP) is 3.28. The lowest BCUT2D eigenvalue weighted by molar-refractivity contribution is -0.157. The largest absolute Gasteiger partial charge is 0.459 e. The summed E-state index contributed by atoms with van der Waals surface area (Å²) in [7, 11) is 1.88. The Kier molecular flexibility index (Phi) is 8.33. The van der Waals surface area contributed by atoms with Crippen molar-refractivity contribution in [2.45, 2.75) is 56.8 Å². The van der Waals surface area contributed by atoms with Gasteiger partial charge in [-0.3, -0.25) is 4.79 Å². The van der Waals surface area contributed by atoms with E-state index in [1.807, 2.05) is 23.4 Å². The molecule has 0 unspecified atom stereocenters. The molecule has 1 amide bonds. The molecule has 0 saturated heterocycles. The maximum Gasteiger partial charge on any atom is 0.288 e. The Labute approximate surface area is 171 Å². The zero-order valence-corrected chi connectivity index (χ0v) is 17.4. The summed E-state index contributed by atoms with van der Waals surface area (Å²) < 4.78 is 17.0. The van der Waals surface area contributed by atoms with E-state index in [-0.39, 0.29) is 18.4 Å². The Morgan fingerprint density at radius 1 is 1.29 bits per heavy atom. The number of allylic oxidation sites excluding steroid dienone is 1. The lowest BCUT2D eigenvalue weighted by atomic mass is 9.93. The third kappa shape index (κ3) is 5.80. The summed E-state index contributed by atoms with van der Waals surface area (Å²) in [4.78, 5) is 15.0. The molecule has 1 saturated carbocycles. The van der Waals surface area contributed by atoms with E-state index in [2.05, 4.69) is 11.4 Å². The van der Waals surface area contributed by atoms with Gasteiger partial charge in [0.1, 0.15) is 0 Å². The zero-order chi connectivity index (χ0) is 19.8. The van der Waals surface area contributed by atoms with Crippen LogP contribution in [-0.2, 0) is 19.0 Å².